The molecule has 11 nitrogen and oxygen atoms in total. The monoisotopic (exact) mass is 691 g/mol. The Morgan fingerprint density at radius 3 is 2.83 bits per heavy atom. The van der Waals surface area contributed by atoms with Crippen LogP contribution in [0.5, 0.6) is 6.01 Å². The number of ether oxygens (including phenoxy) is 2. The first-order chi connectivity index (χ1) is 23.1. The number of halogens is 4. The second-order valence-electron chi connectivity index (χ2n) is 13.1. The molecule has 3 aliphatic heterocycles. The van der Waals surface area contributed by atoms with Crippen LogP contribution in [0.3, 0.4) is 0 Å². The van der Waals surface area contributed by atoms with Crippen LogP contribution >= 0.6 is 11.6 Å². The first-order valence-electron chi connectivity index (χ1n) is 16.5. The highest BCUT2D eigenvalue weighted by atomic mass is 35.5. The average molecular weight is 692 g/mol. The number of alkyl halides is 1. The van der Waals surface area contributed by atoms with Crippen LogP contribution in [-0.2, 0) is 16.0 Å². The first-order valence-corrected chi connectivity index (χ1v) is 16.9. The molecule has 15 heteroatoms. The molecule has 6 rings (SSSR count). The maximum atomic E-state index is 16.8. The summed E-state index contributed by atoms with van der Waals surface area (Å²) in [5, 5.41) is 9.12. The number of hydrogen-bond donors (Lipinski definition) is 3. The molecule has 48 heavy (non-hydrogen) atoms. The summed E-state index contributed by atoms with van der Waals surface area (Å²) in [4.78, 5) is 28.9. The van der Waals surface area contributed by atoms with E-state index in [0.717, 1.165) is 25.8 Å². The number of anilines is 2. The Morgan fingerprint density at radius 1 is 1.21 bits per heavy atom. The van der Waals surface area contributed by atoms with Crippen molar-refractivity contribution < 1.29 is 32.5 Å². The number of aliphatic carboxylic acids is 1. The van der Waals surface area contributed by atoms with Crippen LogP contribution in [0.15, 0.2) is 12.3 Å². The zero-order valence-electron chi connectivity index (χ0n) is 26.7. The lowest BCUT2D eigenvalue weighted by molar-refractivity contribution is -0.137. The SMILES string of the molecule is NCCC1COCCN(c2nc(OC[C@@]34CCCN3CC(F)C4)nc3c(F)c(-c4cc(N)c(F)c(Cl)c4CCCCC(=O)O)ncc23)C1. The standard InChI is InChI=1S/C33H41ClF3N7O4/c34-26-21(4-1-2-5-25(45)46)22(12-24(39)27(26)36)29-28(37)30-23(14-40-29)31(43-10-11-47-17-19(15-43)6-8-38)42-32(41-30)48-18-33-7-3-9-44(33)16-20(35)13-33/h12,14,19-20H,1-11,13,15-18,38-39H2,(H,45,46)/t19?,20?,33-/m0/s1. The molecule has 3 atom stereocenters. The number of unbranched alkanes of at least 4 members (excludes halogenated alkanes) is 1. The number of hydrogen-bond acceptors (Lipinski definition) is 10. The normalized spacial score (nSPS) is 23.1. The van der Waals surface area contributed by atoms with Crippen molar-refractivity contribution in [3.8, 4) is 17.3 Å². The lowest BCUT2D eigenvalue weighted by Gasteiger charge is -2.31. The number of pyridine rings is 1. The van der Waals surface area contributed by atoms with Crippen molar-refractivity contribution in [2.75, 3.05) is 63.2 Å². The molecule has 0 spiro atoms. The van der Waals surface area contributed by atoms with E-state index >= 15 is 4.39 Å². The minimum absolute atomic E-state index is 0.0526. The van der Waals surface area contributed by atoms with Crippen LogP contribution < -0.4 is 21.1 Å². The van der Waals surface area contributed by atoms with E-state index in [1.165, 1.54) is 12.3 Å². The van der Waals surface area contributed by atoms with Crippen LogP contribution in [0.2, 0.25) is 5.02 Å². The average Bonchev–Trinajstić information content (AvgIpc) is 3.48. The van der Waals surface area contributed by atoms with Crippen molar-refractivity contribution in [1.29, 1.82) is 0 Å². The lowest BCUT2D eigenvalue weighted by Crippen LogP contribution is -2.43. The Hall–Kier alpha value is -3.46. The zero-order valence-corrected chi connectivity index (χ0v) is 27.5. The van der Waals surface area contributed by atoms with Gasteiger partial charge in [0.25, 0.3) is 0 Å². The molecule has 3 saturated heterocycles. The fourth-order valence-corrected chi connectivity index (χ4v) is 7.67. The van der Waals surface area contributed by atoms with Crippen molar-refractivity contribution in [2.45, 2.75) is 63.1 Å². The van der Waals surface area contributed by atoms with Gasteiger partial charge in [0, 0.05) is 50.2 Å². The van der Waals surface area contributed by atoms with Crippen LogP contribution in [0, 0.1) is 17.6 Å². The Labute approximate surface area is 281 Å². The fourth-order valence-electron chi connectivity index (χ4n) is 7.36. The number of carboxylic acids is 1. The molecule has 3 aromatic rings. The summed E-state index contributed by atoms with van der Waals surface area (Å²) in [6, 6.07) is 1.23. The molecule has 3 fully saturated rings. The Kier molecular flexibility index (Phi) is 10.4. The number of benzene rings is 1. The first kappa shape index (κ1) is 34.4. The molecular weight excluding hydrogens is 651 g/mol. The van der Waals surface area contributed by atoms with Gasteiger partial charge in [-0.15, -0.1) is 0 Å². The minimum Gasteiger partial charge on any atom is -0.481 e. The summed E-state index contributed by atoms with van der Waals surface area (Å²) in [5.41, 5.74) is 11.3. The Balaban J connectivity index is 1.43. The zero-order chi connectivity index (χ0) is 34.0. The van der Waals surface area contributed by atoms with Crippen molar-refractivity contribution in [3.05, 3.63) is 34.5 Å². The van der Waals surface area contributed by atoms with Crippen molar-refractivity contribution in [1.82, 2.24) is 19.9 Å². The number of rotatable bonds is 12. The number of carbonyl (C=O) groups is 1. The van der Waals surface area contributed by atoms with Gasteiger partial charge in [0.15, 0.2) is 11.6 Å². The maximum Gasteiger partial charge on any atom is 0.319 e. The number of carboxylic acid groups (broad SMARTS) is 1. The van der Waals surface area contributed by atoms with E-state index in [4.69, 9.17) is 42.6 Å². The van der Waals surface area contributed by atoms with Crippen LogP contribution in [-0.4, -0.2) is 95.2 Å². The molecule has 0 aliphatic carbocycles. The van der Waals surface area contributed by atoms with Gasteiger partial charge in [-0.3, -0.25) is 14.7 Å². The van der Waals surface area contributed by atoms with Gasteiger partial charge in [-0.05, 0) is 63.2 Å². The second kappa shape index (κ2) is 14.6. The van der Waals surface area contributed by atoms with Crippen molar-refractivity contribution >= 4 is 40.0 Å². The molecular formula is C33H41ClF3N7O4. The number of fused-ring (bicyclic) bond motifs is 2. The number of aromatic nitrogens is 3. The summed E-state index contributed by atoms with van der Waals surface area (Å²) >= 11 is 6.40. The number of nitrogens with two attached hydrogens (primary N) is 2. The smallest absolute Gasteiger partial charge is 0.319 e. The van der Waals surface area contributed by atoms with E-state index in [9.17, 15) is 13.6 Å². The number of nitrogens with zero attached hydrogens (tertiary/aromatic N) is 5. The van der Waals surface area contributed by atoms with Crippen LogP contribution in [0.1, 0.15) is 50.5 Å². The van der Waals surface area contributed by atoms with E-state index in [-0.39, 0.29) is 64.4 Å². The second-order valence-corrected chi connectivity index (χ2v) is 13.4. The third kappa shape index (κ3) is 6.98. The van der Waals surface area contributed by atoms with Crippen molar-refractivity contribution in [3.63, 3.8) is 0 Å². The fraction of sp³-hybridized carbons (Fsp3) is 0.576. The van der Waals surface area contributed by atoms with Gasteiger partial charge in [0.05, 0.1) is 34.8 Å². The molecule has 5 N–H and O–H groups in total. The van der Waals surface area contributed by atoms with Gasteiger partial charge in [0.2, 0.25) is 0 Å². The Bertz CT molecular complexity index is 1670. The summed E-state index contributed by atoms with van der Waals surface area (Å²) in [5.74, 6) is -2.06. The lowest BCUT2D eigenvalue weighted by atomic mass is 9.95. The number of nitrogen functional groups attached to an aromatic ring is 1. The summed E-state index contributed by atoms with van der Waals surface area (Å²) < 4.78 is 58.3. The highest BCUT2D eigenvalue weighted by Crippen LogP contribution is 2.42. The van der Waals surface area contributed by atoms with E-state index in [0.29, 0.717) is 69.9 Å². The van der Waals surface area contributed by atoms with Gasteiger partial charge in [-0.25, -0.2) is 13.2 Å². The molecule has 0 radical (unpaired) electrons. The highest BCUT2D eigenvalue weighted by Gasteiger charge is 2.49. The third-order valence-corrected chi connectivity index (χ3v) is 10.1. The van der Waals surface area contributed by atoms with E-state index in [1.807, 2.05) is 4.90 Å². The van der Waals surface area contributed by atoms with E-state index in [2.05, 4.69) is 14.9 Å². The summed E-state index contributed by atoms with van der Waals surface area (Å²) in [7, 11) is 0. The molecule has 2 unspecified atom stereocenters. The minimum atomic E-state index is -0.955. The van der Waals surface area contributed by atoms with E-state index in [1.54, 1.807) is 0 Å². The van der Waals surface area contributed by atoms with Gasteiger partial charge in [-0.2, -0.15) is 9.97 Å². The molecule has 0 amide bonds. The van der Waals surface area contributed by atoms with Crippen LogP contribution in [0.4, 0.5) is 24.7 Å². The van der Waals surface area contributed by atoms with Gasteiger partial charge >= 0.3 is 12.0 Å². The molecule has 5 heterocycles. The maximum absolute atomic E-state index is 16.8. The van der Waals surface area contributed by atoms with E-state index < -0.39 is 29.3 Å². The molecule has 2 aromatic heterocycles. The molecule has 3 aliphatic rings. The molecule has 0 saturated carbocycles. The quantitative estimate of drug-likeness (QED) is 0.178. The predicted octanol–water partition coefficient (Wildman–Crippen LogP) is 4.76. The predicted molar refractivity (Wildman–Crippen MR) is 176 cm³/mol. The van der Waals surface area contributed by atoms with Gasteiger partial charge in [-0.1, -0.05) is 11.6 Å². The largest absolute Gasteiger partial charge is 0.481 e. The summed E-state index contributed by atoms with van der Waals surface area (Å²) in [6.45, 7) is 3.76. The van der Waals surface area contributed by atoms with Crippen molar-refractivity contribution in [2.24, 2.45) is 11.7 Å². The Morgan fingerprint density at radius 2 is 2.04 bits per heavy atom. The summed E-state index contributed by atoms with van der Waals surface area (Å²) in [6.07, 6.45) is 4.09. The molecule has 260 valence electrons. The highest BCUT2D eigenvalue weighted by molar-refractivity contribution is 6.32. The third-order valence-electron chi connectivity index (χ3n) is 9.75. The van der Waals surface area contributed by atoms with Gasteiger partial charge in [0.1, 0.15) is 29.8 Å². The molecule has 0 bridgehead atoms. The van der Waals surface area contributed by atoms with Crippen LogP contribution in [0.25, 0.3) is 22.2 Å². The molecule has 1 aromatic carbocycles. The topological polar surface area (TPSA) is 153 Å². The van der Waals surface area contributed by atoms with Gasteiger partial charge < -0.3 is 30.9 Å².